The van der Waals surface area contributed by atoms with E-state index in [1.807, 2.05) is 5.38 Å². The molecule has 102 valence electrons. The molecule has 0 amide bonds. The molecule has 2 aromatic heterocycles. The van der Waals surface area contributed by atoms with Crippen LogP contribution in [0.25, 0.3) is 11.5 Å². The summed E-state index contributed by atoms with van der Waals surface area (Å²) in [7, 11) is 1.62. The molecule has 2 aromatic rings. The molecule has 0 aromatic carbocycles. The summed E-state index contributed by atoms with van der Waals surface area (Å²) in [6.07, 6.45) is 0. The summed E-state index contributed by atoms with van der Waals surface area (Å²) in [5.41, 5.74) is 1.54. The molecule has 19 heavy (non-hydrogen) atoms. The fraction of sp³-hybridized carbons (Fsp3) is 0.462. The molecule has 0 aliphatic rings. The van der Waals surface area contributed by atoms with Crippen molar-refractivity contribution in [2.24, 2.45) is 0 Å². The van der Waals surface area contributed by atoms with E-state index >= 15 is 0 Å². The van der Waals surface area contributed by atoms with Gasteiger partial charge in [-0.05, 0) is 6.07 Å². The van der Waals surface area contributed by atoms with Crippen LogP contribution in [0.1, 0.15) is 31.5 Å². The molecule has 0 N–H and O–H groups in total. The number of methoxy groups -OCH3 is 1. The van der Waals surface area contributed by atoms with E-state index in [-0.39, 0.29) is 5.41 Å². The van der Waals surface area contributed by atoms with Crippen LogP contribution in [-0.4, -0.2) is 22.1 Å². The van der Waals surface area contributed by atoms with Crippen molar-refractivity contribution in [3.63, 3.8) is 0 Å². The third-order valence-electron chi connectivity index (χ3n) is 2.42. The molecule has 0 aliphatic heterocycles. The molecule has 0 bridgehead atoms. The van der Waals surface area contributed by atoms with E-state index in [1.54, 1.807) is 24.5 Å². The fourth-order valence-corrected chi connectivity index (χ4v) is 2.61. The second kappa shape index (κ2) is 5.53. The lowest BCUT2D eigenvalue weighted by Gasteiger charge is -2.13. The summed E-state index contributed by atoms with van der Waals surface area (Å²) in [5.74, 6) is 0.548. The topological polar surface area (TPSA) is 47.9 Å². The molecule has 0 unspecified atom stereocenters. The molecule has 0 radical (unpaired) electrons. The van der Waals surface area contributed by atoms with E-state index in [1.165, 1.54) is 0 Å². The van der Waals surface area contributed by atoms with Gasteiger partial charge in [-0.3, -0.25) is 0 Å². The van der Waals surface area contributed by atoms with Crippen LogP contribution >= 0.6 is 22.9 Å². The van der Waals surface area contributed by atoms with Crippen LogP contribution < -0.4 is 0 Å². The first-order valence-electron chi connectivity index (χ1n) is 5.89. The minimum atomic E-state index is 0.0247. The zero-order chi connectivity index (χ0) is 14.0. The monoisotopic (exact) mass is 297 g/mol. The lowest BCUT2D eigenvalue weighted by molar-refractivity contribution is 0.181. The van der Waals surface area contributed by atoms with Crippen LogP contribution in [0.4, 0.5) is 0 Å². The second-order valence-corrected chi connectivity index (χ2v) is 6.47. The van der Waals surface area contributed by atoms with Crippen molar-refractivity contribution in [3.8, 4) is 11.5 Å². The Morgan fingerprint density at radius 3 is 2.58 bits per heavy atom. The van der Waals surface area contributed by atoms with Gasteiger partial charge in [0.15, 0.2) is 5.82 Å². The summed E-state index contributed by atoms with van der Waals surface area (Å²) in [5, 5.41) is 3.42. The van der Waals surface area contributed by atoms with Gasteiger partial charge in [-0.1, -0.05) is 32.4 Å². The molecule has 2 rings (SSSR count). The number of rotatable bonds is 3. The van der Waals surface area contributed by atoms with Gasteiger partial charge in [0, 0.05) is 17.9 Å². The van der Waals surface area contributed by atoms with Crippen molar-refractivity contribution in [2.75, 3.05) is 7.11 Å². The normalized spacial score (nSPS) is 11.8. The highest BCUT2D eigenvalue weighted by atomic mass is 35.5. The maximum Gasteiger partial charge on any atom is 0.180 e. The Morgan fingerprint density at radius 2 is 2.00 bits per heavy atom. The summed E-state index contributed by atoms with van der Waals surface area (Å²) >= 11 is 7.61. The highest BCUT2D eigenvalue weighted by molar-refractivity contribution is 7.10. The minimum Gasteiger partial charge on any atom is -0.378 e. The SMILES string of the molecule is COCc1cc(Cl)nc(-c2csc(C(C)(C)C)n2)n1. The van der Waals surface area contributed by atoms with E-state index in [0.29, 0.717) is 17.6 Å². The summed E-state index contributed by atoms with van der Waals surface area (Å²) < 4.78 is 5.07. The molecule has 6 heteroatoms. The van der Waals surface area contributed by atoms with Crippen LogP contribution in [0.15, 0.2) is 11.4 Å². The molecular weight excluding hydrogens is 282 g/mol. The standard InChI is InChI=1S/C13H16ClN3OS/c1-13(2,3)12-16-9(7-19-12)11-15-8(6-18-4)5-10(14)17-11/h5,7H,6H2,1-4H3. The summed E-state index contributed by atoms with van der Waals surface area (Å²) in [4.78, 5) is 13.2. The average Bonchev–Trinajstić information content (AvgIpc) is 2.77. The van der Waals surface area contributed by atoms with Crippen LogP contribution in [0.2, 0.25) is 5.15 Å². The van der Waals surface area contributed by atoms with Crippen molar-refractivity contribution in [1.82, 2.24) is 15.0 Å². The van der Waals surface area contributed by atoms with Crippen LogP contribution in [0.5, 0.6) is 0 Å². The van der Waals surface area contributed by atoms with Gasteiger partial charge in [-0.25, -0.2) is 15.0 Å². The first-order valence-corrected chi connectivity index (χ1v) is 7.14. The molecular formula is C13H16ClN3OS. The number of halogens is 1. The third-order valence-corrected chi connectivity index (χ3v) is 3.88. The number of ether oxygens (including phenoxy) is 1. The average molecular weight is 298 g/mol. The Balaban J connectivity index is 2.38. The minimum absolute atomic E-state index is 0.0247. The van der Waals surface area contributed by atoms with Crippen molar-refractivity contribution in [2.45, 2.75) is 32.8 Å². The van der Waals surface area contributed by atoms with E-state index in [9.17, 15) is 0 Å². The first-order chi connectivity index (χ1) is 8.90. The van der Waals surface area contributed by atoms with Crippen molar-refractivity contribution < 1.29 is 4.74 Å². The Bertz CT molecular complexity index is 578. The van der Waals surface area contributed by atoms with Gasteiger partial charge in [0.05, 0.1) is 17.3 Å². The Kier molecular flexibility index (Phi) is 4.18. The van der Waals surface area contributed by atoms with Gasteiger partial charge in [0.1, 0.15) is 10.8 Å². The first kappa shape index (κ1) is 14.4. The van der Waals surface area contributed by atoms with E-state index < -0.39 is 0 Å². The Labute approximate surface area is 121 Å². The van der Waals surface area contributed by atoms with Crippen LogP contribution in [0, 0.1) is 0 Å². The number of thiazole rings is 1. The molecule has 0 spiro atoms. The summed E-state index contributed by atoms with van der Waals surface area (Å²) in [6, 6.07) is 1.70. The zero-order valence-corrected chi connectivity index (χ0v) is 13.0. The van der Waals surface area contributed by atoms with E-state index in [2.05, 4.69) is 35.7 Å². The number of aromatic nitrogens is 3. The molecule has 0 fully saturated rings. The number of hydrogen-bond donors (Lipinski definition) is 0. The van der Waals surface area contributed by atoms with Gasteiger partial charge < -0.3 is 4.74 Å². The predicted molar refractivity (Wildman–Crippen MR) is 77.6 cm³/mol. The fourth-order valence-electron chi connectivity index (χ4n) is 1.52. The van der Waals surface area contributed by atoms with Crippen LogP contribution in [0.3, 0.4) is 0 Å². The van der Waals surface area contributed by atoms with Crippen molar-refractivity contribution in [1.29, 1.82) is 0 Å². The van der Waals surface area contributed by atoms with Gasteiger partial charge in [0.2, 0.25) is 0 Å². The highest BCUT2D eigenvalue weighted by Gasteiger charge is 2.19. The Hall–Kier alpha value is -1.04. The lowest BCUT2D eigenvalue weighted by atomic mass is 9.98. The molecule has 0 atom stereocenters. The molecule has 4 nitrogen and oxygen atoms in total. The molecule has 0 saturated carbocycles. The van der Waals surface area contributed by atoms with Gasteiger partial charge >= 0.3 is 0 Å². The van der Waals surface area contributed by atoms with Gasteiger partial charge in [-0.2, -0.15) is 0 Å². The van der Waals surface area contributed by atoms with Crippen LogP contribution in [-0.2, 0) is 16.8 Å². The summed E-state index contributed by atoms with van der Waals surface area (Å²) in [6.45, 7) is 6.80. The highest BCUT2D eigenvalue weighted by Crippen LogP contribution is 2.29. The number of hydrogen-bond acceptors (Lipinski definition) is 5. The Morgan fingerprint density at radius 1 is 1.26 bits per heavy atom. The number of nitrogens with zero attached hydrogens (tertiary/aromatic N) is 3. The maximum atomic E-state index is 6.00. The predicted octanol–water partition coefficient (Wildman–Crippen LogP) is 3.70. The van der Waals surface area contributed by atoms with E-state index in [4.69, 9.17) is 16.3 Å². The zero-order valence-electron chi connectivity index (χ0n) is 11.4. The quantitative estimate of drug-likeness (QED) is 0.811. The largest absolute Gasteiger partial charge is 0.378 e. The van der Waals surface area contributed by atoms with Crippen molar-refractivity contribution >= 4 is 22.9 Å². The van der Waals surface area contributed by atoms with Gasteiger partial charge in [0.25, 0.3) is 0 Å². The molecule has 0 saturated heterocycles. The molecule has 2 heterocycles. The van der Waals surface area contributed by atoms with Crippen molar-refractivity contribution in [3.05, 3.63) is 27.3 Å². The molecule has 0 aliphatic carbocycles. The second-order valence-electron chi connectivity index (χ2n) is 5.23. The maximum absolute atomic E-state index is 6.00. The lowest BCUT2D eigenvalue weighted by Crippen LogP contribution is -2.10. The third kappa shape index (κ3) is 3.49. The van der Waals surface area contributed by atoms with Gasteiger partial charge in [-0.15, -0.1) is 11.3 Å². The smallest absolute Gasteiger partial charge is 0.180 e. The van der Waals surface area contributed by atoms with E-state index in [0.717, 1.165) is 16.4 Å².